The second kappa shape index (κ2) is 52.0. The maximum absolute atomic E-state index is 13.2. The number of nitrogens with one attached hydrogen (secondary N) is 3. The van der Waals surface area contributed by atoms with Crippen molar-refractivity contribution in [3.05, 3.63) is 35.9 Å². The maximum atomic E-state index is 13.2. The molecule has 6 heterocycles. The Bertz CT molecular complexity index is 3840. The van der Waals surface area contributed by atoms with Gasteiger partial charge < -0.3 is 165 Å². The first-order valence-corrected chi connectivity index (χ1v) is 37.3. The van der Waals surface area contributed by atoms with E-state index in [4.69, 9.17) is 61.6 Å². The maximum Gasteiger partial charge on any atom is 1.00 e. The van der Waals surface area contributed by atoms with E-state index in [2.05, 4.69) is 12.5 Å². The first kappa shape index (κ1) is 122. The molecular weight excluding hydrogens is 1780 g/mol. The number of aliphatic hydroxyl groups is 9. The van der Waals surface area contributed by atoms with Gasteiger partial charge in [-0.25, -0.2) is 64.7 Å². The summed E-state index contributed by atoms with van der Waals surface area (Å²) in [7, 11) is -36.7. The Labute approximate surface area is 841 Å². The number of carbonyl (C=O) groups is 3. The summed E-state index contributed by atoms with van der Waals surface area (Å²) in [4.78, 5) is 38.5. The first-order valence-electron chi connectivity index (χ1n) is 29.1. The second-order valence-electron chi connectivity index (χ2n) is 23.0. The third kappa shape index (κ3) is 35.1. The molecule has 6 aliphatic heterocycles. The normalized spacial score (nSPS) is 36.3. The predicted octanol–water partition coefficient (Wildman–Crippen LogP) is -45.5. The Balaban J connectivity index is -0.0000134. The van der Waals surface area contributed by atoms with Crippen LogP contribution in [0.3, 0.4) is 0 Å². The minimum Gasteiger partial charge on any atom is -0.735 e. The molecule has 6 aliphatic rings. The van der Waals surface area contributed by atoms with E-state index in [1.54, 1.807) is 0 Å². The summed E-state index contributed by atoms with van der Waals surface area (Å²) in [6, 6.07) is -1.64. The number of carboxylic acid groups (broad SMARTS) is 3. The van der Waals surface area contributed by atoms with E-state index in [1.165, 1.54) is 58.3 Å². The quantitative estimate of drug-likeness (QED) is 0.0177. The van der Waals surface area contributed by atoms with Crippen molar-refractivity contribution in [2.75, 3.05) is 19.8 Å². The summed E-state index contributed by atoms with van der Waals surface area (Å²) in [6.07, 6.45) is -76.9. The molecule has 0 saturated carbocycles. The van der Waals surface area contributed by atoms with Gasteiger partial charge in [-0.05, 0) is 19.4 Å². The second-order valence-corrected chi connectivity index (χ2v) is 29.5. The fourth-order valence-corrected chi connectivity index (χ4v) is 14.5. The number of ether oxygens (including phenoxy) is 13. The van der Waals surface area contributed by atoms with Gasteiger partial charge in [0.25, 0.3) is 0 Å². The zero-order valence-electron chi connectivity index (χ0n) is 60.9. The number of hydrogen-bond acceptors (Lipinski definition) is 49. The van der Waals surface area contributed by atoms with Gasteiger partial charge in [0.15, 0.2) is 87.0 Å². The monoisotopic (exact) mass is 1840 g/mol. The smallest absolute Gasteiger partial charge is 0.735 e. The summed E-state index contributed by atoms with van der Waals surface area (Å²) in [6.45, 7) is -3.00. The van der Waals surface area contributed by atoms with Gasteiger partial charge in [0, 0.05) is 0 Å². The number of aliphatic carboxylic acids is 3. The third-order valence-corrected chi connectivity index (χ3v) is 18.6. The van der Waals surface area contributed by atoms with Crippen LogP contribution in [0, 0.1) is 0 Å². The number of carboxylic acids is 3. The Kier molecular flexibility index (Phi) is 56.2. The van der Waals surface area contributed by atoms with E-state index in [9.17, 15) is 153 Å². The molecule has 6 saturated heterocycles. The number of carbonyl (C=O) groups excluding carboxylic acids is 3. The van der Waals surface area contributed by atoms with E-state index in [0.29, 0.717) is 0 Å². The summed E-state index contributed by atoms with van der Waals surface area (Å²) in [5.74, 6) is -7.65. The van der Waals surface area contributed by atoms with Crippen molar-refractivity contribution in [3.63, 3.8) is 0 Å². The van der Waals surface area contributed by atoms with Gasteiger partial charge in [-0.2, -0.15) is 0 Å². The van der Waals surface area contributed by atoms with Crippen LogP contribution < -0.4 is 296 Å². The van der Waals surface area contributed by atoms with Crippen LogP contribution in [0.5, 0.6) is 0 Å². The predicted molar refractivity (Wildman–Crippen MR) is 293 cm³/mol. The fourth-order valence-electron chi connectivity index (χ4n) is 11.3. The van der Waals surface area contributed by atoms with Crippen molar-refractivity contribution >= 4 is 80.0 Å². The molecule has 52 nitrogen and oxygen atoms in total. The van der Waals surface area contributed by atoms with Crippen LogP contribution in [-0.4, -0.2) is 352 Å². The van der Waals surface area contributed by atoms with Gasteiger partial charge in [0.1, 0.15) is 128 Å². The average Bonchev–Trinajstić information content (AvgIpc) is 0.767. The van der Waals surface area contributed by atoms with Gasteiger partial charge >= 0.3 is 266 Å². The molecule has 600 valence electrons. The molecule has 0 amide bonds. The number of hydrogen-bond donors (Lipinski definition) is 12. The largest absolute Gasteiger partial charge is 1.00 e. The molecule has 0 aliphatic carbocycles. The standard InChI is InChI=1S/C46H71N3O49S6.9Na/c1-12(2)84-44-32(96-102(74,75)76)23(56)29(35(93-44)38(59)60)91-42-18(48-100(68,69)70)22(55)26(15(9-51)86-42)88-45-33(97-103(77,78)79)25(58)31(37(94-45)40(63)64)92-43-19(49-101(71,72)73)28(83-11-13-6-4-3-5-7-13)27(16(10-52)87-43)89-46-34(98-104(80,81)82)24(57)30(36(95-46)39(61)62)90-41-17(47-99(65,66)67)21(54)20(53)14(8-50)85-41;;;;;;;;;/h3-7,12,14-37,41-58H,8-11H2,1-2H3,(H,59,60)(H,61,62)(H,63,64)(H,65,66,67)(H,68,69,70)(H,71,72,73)(H,74,75,76)(H,77,78,79)(H,80,81,82);;;;;;;;;/q;9*+1/p-9/t14-,15-,16-,17-,18-,19-,20-,21-,22-,23+,24+,25+,26-,27-,28-,29+,30+,31+,32-,33-,34-,35-,36-,37-,41-,42-,43-,44-,45-,46-;;;;;;;;;/m1........./s1. The summed E-state index contributed by atoms with van der Waals surface area (Å²) in [5.41, 5.74) is 0.0329. The molecule has 6 fully saturated rings. The number of benzene rings is 1. The van der Waals surface area contributed by atoms with Crippen LogP contribution in [0.4, 0.5) is 0 Å². The fraction of sp³-hybridized carbons (Fsp3) is 0.804. The summed E-state index contributed by atoms with van der Waals surface area (Å²) < 4.78 is 309. The minimum atomic E-state index is -6.43. The van der Waals surface area contributed by atoms with Crippen molar-refractivity contribution in [2.24, 2.45) is 0 Å². The van der Waals surface area contributed by atoms with E-state index in [-0.39, 0.29) is 272 Å². The zero-order chi connectivity index (χ0) is 78.0. The number of aliphatic hydroxyl groups excluding tert-OH is 9. The van der Waals surface area contributed by atoms with E-state index in [0.717, 1.165) is 0 Å². The molecule has 0 radical (unpaired) electrons. The zero-order valence-corrected chi connectivity index (χ0v) is 83.8. The Hall–Kier alpha value is 4.97. The Morgan fingerprint density at radius 3 is 1.02 bits per heavy atom. The average molecular weight is 1840 g/mol. The van der Waals surface area contributed by atoms with Crippen molar-refractivity contribution in [2.45, 2.75) is 211 Å². The van der Waals surface area contributed by atoms with Crippen LogP contribution >= 0.6 is 0 Å². The van der Waals surface area contributed by atoms with Gasteiger partial charge in [-0.1, -0.05) is 30.3 Å². The minimum absolute atomic E-state index is 0. The molecule has 113 heavy (non-hydrogen) atoms. The van der Waals surface area contributed by atoms with Crippen LogP contribution in [0.1, 0.15) is 19.4 Å². The molecular formula is C46H62N3Na9O49S6. The number of rotatable bonds is 33. The molecule has 7 rings (SSSR count). The van der Waals surface area contributed by atoms with Crippen molar-refractivity contribution in [1.29, 1.82) is 0 Å². The van der Waals surface area contributed by atoms with E-state index in [1.807, 2.05) is 0 Å². The van der Waals surface area contributed by atoms with Crippen molar-refractivity contribution in [1.82, 2.24) is 14.2 Å². The van der Waals surface area contributed by atoms with Crippen LogP contribution in [0.2, 0.25) is 0 Å². The van der Waals surface area contributed by atoms with Gasteiger partial charge in [-0.15, -0.1) is 0 Å². The molecule has 0 spiro atoms. The van der Waals surface area contributed by atoms with Gasteiger partial charge in [0.05, 0.1) is 50.4 Å². The molecule has 0 bridgehead atoms. The van der Waals surface area contributed by atoms with Crippen LogP contribution in [-0.2, 0) is 157 Å². The molecule has 67 heteroatoms. The summed E-state index contributed by atoms with van der Waals surface area (Å²) in [5, 5.41) is 138. The van der Waals surface area contributed by atoms with Crippen LogP contribution in [0.15, 0.2) is 30.3 Å². The molecule has 1 aromatic carbocycles. The van der Waals surface area contributed by atoms with Gasteiger partial charge in [-0.3, -0.25) is 12.5 Å². The molecule has 30 atom stereocenters. The Morgan fingerprint density at radius 1 is 0.381 bits per heavy atom. The molecule has 0 aromatic heterocycles. The topological polar surface area (TPSA) is 829 Å². The summed E-state index contributed by atoms with van der Waals surface area (Å²) >= 11 is 0. The van der Waals surface area contributed by atoms with Crippen LogP contribution in [0.25, 0.3) is 0 Å². The third-order valence-electron chi connectivity index (χ3n) is 15.5. The van der Waals surface area contributed by atoms with E-state index >= 15 is 0 Å². The molecule has 1 aromatic rings. The van der Waals surface area contributed by atoms with Gasteiger partial charge in [0.2, 0.25) is 31.2 Å². The SMILES string of the molecule is CC(C)O[C@@H]1O[C@@H](C(=O)[O-])[C@@H](O[C@H]2O[C@H](CO)[C@@H](O[C@@H]3O[C@@H](C(=O)[O-])[C@@H](O[C@H]4O[C@H](CO)[C@@H](O[C@@H]5O[C@@H](C(=O)[O-])[C@@H](O[C@H]6O[C@H](CO)[C@@H](O)[C@H](O)[C@H]6NS(=O)(=O)[O-])[C@H](O)[C@H]5OS(=O)(=O)[O-])[C@H](OCc5ccccc5)[C@H]4NS(=O)(=O)[O-])[C@H](O)[C@H]3OS(=O)(=O)[O-])[C@H](O)[C@H]2NS(=O)(=O)[O-])[C@H](O)[C@H]1OS(=O)(=O)[O-].[Na+].[Na+].[Na+].[Na+].[Na+].[Na+].[Na+].[Na+].[Na+]. The van der Waals surface area contributed by atoms with Crippen molar-refractivity contribution < 1.29 is 494 Å². The van der Waals surface area contributed by atoms with Crippen molar-refractivity contribution in [3.8, 4) is 0 Å². The first-order chi connectivity index (χ1) is 47.9. The van der Waals surface area contributed by atoms with E-state index < -0.39 is 297 Å². The Morgan fingerprint density at radius 2 is 0.681 bits per heavy atom. The molecule has 12 N–H and O–H groups in total. The molecule has 0 unspecified atom stereocenters.